The highest BCUT2D eigenvalue weighted by molar-refractivity contribution is 8.26. The minimum atomic E-state index is 0.00928. The molecule has 5 nitrogen and oxygen atoms in total. The van der Waals surface area contributed by atoms with E-state index < -0.39 is 0 Å². The average molecular weight is 494 g/mol. The number of hydrogen-bond acceptors (Lipinski definition) is 5. The van der Waals surface area contributed by atoms with E-state index in [1.54, 1.807) is 12.0 Å². The number of hydrogen-bond donors (Lipinski definition) is 0. The minimum absolute atomic E-state index is 0.00928. The Bertz CT molecular complexity index is 1100. The Kier molecular flexibility index (Phi) is 5.90. The van der Waals surface area contributed by atoms with Gasteiger partial charge in [-0.05, 0) is 80.9 Å². The maximum atomic E-state index is 13.2. The summed E-state index contributed by atoms with van der Waals surface area (Å²) in [6.07, 6.45) is 12.9. The highest BCUT2D eigenvalue weighted by atomic mass is 32.2. The molecule has 178 valence electrons. The van der Waals surface area contributed by atoms with Crippen LogP contribution in [0.5, 0.6) is 0 Å². The first kappa shape index (κ1) is 22.5. The molecule has 4 saturated carbocycles. The van der Waals surface area contributed by atoms with Gasteiger partial charge >= 0.3 is 0 Å². The van der Waals surface area contributed by atoms with Crippen molar-refractivity contribution in [3.63, 3.8) is 0 Å². The van der Waals surface area contributed by atoms with Crippen molar-refractivity contribution in [3.05, 3.63) is 52.7 Å². The molecule has 0 spiro atoms. The molecular weight excluding hydrogens is 462 g/mol. The third kappa shape index (κ3) is 3.95. The van der Waals surface area contributed by atoms with E-state index in [0.29, 0.717) is 22.4 Å². The molecule has 1 amide bonds. The van der Waals surface area contributed by atoms with E-state index in [4.69, 9.17) is 22.1 Å². The Balaban J connectivity index is 1.38. The zero-order valence-electron chi connectivity index (χ0n) is 19.6. The van der Waals surface area contributed by atoms with Gasteiger partial charge in [0, 0.05) is 37.4 Å². The predicted molar refractivity (Wildman–Crippen MR) is 140 cm³/mol. The van der Waals surface area contributed by atoms with Crippen molar-refractivity contribution < 1.29 is 9.53 Å². The van der Waals surface area contributed by atoms with Crippen LogP contribution in [0.4, 0.5) is 0 Å². The van der Waals surface area contributed by atoms with Crippen LogP contribution in [0.2, 0.25) is 0 Å². The molecule has 34 heavy (non-hydrogen) atoms. The number of nitrogens with zero attached hydrogens (tertiary/aromatic N) is 3. The number of methoxy groups -OCH3 is 1. The van der Waals surface area contributed by atoms with Crippen LogP contribution in [-0.4, -0.2) is 45.2 Å². The van der Waals surface area contributed by atoms with Crippen LogP contribution < -0.4 is 0 Å². The molecule has 1 aromatic carbocycles. The third-order valence-corrected chi connectivity index (χ3v) is 9.57. The van der Waals surface area contributed by atoms with Gasteiger partial charge in [-0.3, -0.25) is 9.69 Å². The molecule has 1 saturated heterocycles. The normalized spacial score (nSPS) is 31.3. The fourth-order valence-corrected chi connectivity index (χ4v) is 8.52. The fraction of sp³-hybridized carbons (Fsp3) is 0.519. The number of carbonyl (C=O) groups excluding carboxylic acids is 1. The fourth-order valence-electron chi connectivity index (χ4n) is 7.22. The quantitative estimate of drug-likeness (QED) is 0.286. The number of para-hydroxylation sites is 1. The molecule has 7 rings (SSSR count). The van der Waals surface area contributed by atoms with E-state index in [2.05, 4.69) is 24.4 Å². The molecule has 2 heterocycles. The monoisotopic (exact) mass is 493 g/mol. The number of amides is 1. The first-order valence-corrected chi connectivity index (χ1v) is 13.7. The van der Waals surface area contributed by atoms with Crippen molar-refractivity contribution in [2.75, 3.05) is 20.3 Å². The highest BCUT2D eigenvalue weighted by Gasteiger charge is 2.53. The molecule has 1 aliphatic heterocycles. The summed E-state index contributed by atoms with van der Waals surface area (Å²) in [6, 6.07) is 10.3. The van der Waals surface area contributed by atoms with Crippen molar-refractivity contribution in [1.82, 2.24) is 14.7 Å². The molecule has 5 aliphatic rings. The number of aromatic nitrogens is 2. The van der Waals surface area contributed by atoms with Crippen molar-refractivity contribution in [1.29, 1.82) is 0 Å². The molecule has 0 radical (unpaired) electrons. The molecule has 7 heteroatoms. The first-order valence-electron chi connectivity index (χ1n) is 12.4. The van der Waals surface area contributed by atoms with Gasteiger partial charge < -0.3 is 4.74 Å². The number of thioether (sulfide) groups is 1. The van der Waals surface area contributed by atoms with E-state index in [-0.39, 0.29) is 11.3 Å². The summed E-state index contributed by atoms with van der Waals surface area (Å²) in [6.45, 7) is 1.22. The summed E-state index contributed by atoms with van der Waals surface area (Å²) in [7, 11) is 1.68. The maximum Gasteiger partial charge on any atom is 0.266 e. The molecule has 0 atom stereocenters. The summed E-state index contributed by atoms with van der Waals surface area (Å²) in [5, 5.41) is 5.22. The number of thiocarbonyl (C=S) groups is 1. The van der Waals surface area contributed by atoms with E-state index in [9.17, 15) is 4.79 Å². The molecule has 4 bridgehead atoms. The lowest BCUT2D eigenvalue weighted by Gasteiger charge is -2.56. The van der Waals surface area contributed by atoms with Crippen molar-refractivity contribution >= 4 is 40.3 Å². The Morgan fingerprint density at radius 1 is 1.15 bits per heavy atom. The van der Waals surface area contributed by atoms with Gasteiger partial charge in [0.1, 0.15) is 4.32 Å². The molecule has 0 N–H and O–H groups in total. The molecule has 1 aromatic heterocycles. The Morgan fingerprint density at radius 2 is 1.82 bits per heavy atom. The van der Waals surface area contributed by atoms with Crippen LogP contribution in [-0.2, 0) is 14.9 Å². The van der Waals surface area contributed by atoms with Crippen molar-refractivity contribution in [2.24, 2.45) is 17.8 Å². The summed E-state index contributed by atoms with van der Waals surface area (Å²) < 4.78 is 7.81. The van der Waals surface area contributed by atoms with Crippen molar-refractivity contribution in [3.8, 4) is 5.69 Å². The molecular formula is C27H31N3O2S2. The summed E-state index contributed by atoms with van der Waals surface area (Å²) in [5.41, 5.74) is 3.48. The van der Waals surface area contributed by atoms with Crippen LogP contribution in [0, 0.1) is 17.8 Å². The van der Waals surface area contributed by atoms with Gasteiger partial charge in [-0.1, -0.05) is 42.2 Å². The van der Waals surface area contributed by atoms with Gasteiger partial charge in [0.15, 0.2) is 0 Å². The van der Waals surface area contributed by atoms with Gasteiger partial charge in [0.2, 0.25) is 0 Å². The predicted octanol–water partition coefficient (Wildman–Crippen LogP) is 5.58. The lowest BCUT2D eigenvalue weighted by atomic mass is 9.48. The number of rotatable bonds is 7. The average Bonchev–Trinajstić information content (AvgIpc) is 3.36. The minimum Gasteiger partial charge on any atom is -0.385 e. The van der Waals surface area contributed by atoms with Crippen LogP contribution in [0.15, 0.2) is 41.4 Å². The van der Waals surface area contributed by atoms with Gasteiger partial charge in [-0.15, -0.1) is 0 Å². The number of ether oxygens (including phenoxy) is 1. The largest absolute Gasteiger partial charge is 0.385 e. The van der Waals surface area contributed by atoms with Crippen LogP contribution in [0.1, 0.15) is 56.2 Å². The molecule has 4 aliphatic carbocycles. The van der Waals surface area contributed by atoms with Gasteiger partial charge in [0.25, 0.3) is 5.91 Å². The van der Waals surface area contributed by atoms with Crippen LogP contribution >= 0.6 is 24.0 Å². The molecule has 0 unspecified atom stereocenters. The summed E-state index contributed by atoms with van der Waals surface area (Å²) in [5.74, 6) is 2.51. The zero-order valence-corrected chi connectivity index (χ0v) is 21.2. The van der Waals surface area contributed by atoms with E-state index >= 15 is 0 Å². The first-order chi connectivity index (χ1) is 16.5. The summed E-state index contributed by atoms with van der Waals surface area (Å²) in [4.78, 5) is 15.7. The van der Waals surface area contributed by atoms with Gasteiger partial charge in [0.05, 0.1) is 16.3 Å². The Hall–Kier alpha value is -1.96. The molecule has 2 aromatic rings. The lowest BCUT2D eigenvalue weighted by Crippen LogP contribution is -2.49. The van der Waals surface area contributed by atoms with E-state index in [0.717, 1.165) is 35.4 Å². The topological polar surface area (TPSA) is 47.4 Å². The lowest BCUT2D eigenvalue weighted by molar-refractivity contribution is -0.122. The highest BCUT2D eigenvalue weighted by Crippen LogP contribution is 2.61. The SMILES string of the molecule is COCCCN1C(=O)/C(=C/c2cn(-c3ccccc3)nc2C23CC4CC(CC(C4)C2)C3)SC1=S. The zero-order chi connectivity index (χ0) is 23.3. The van der Waals surface area contributed by atoms with E-state index in [1.165, 1.54) is 56.0 Å². The second-order valence-electron chi connectivity index (χ2n) is 10.6. The van der Waals surface area contributed by atoms with Crippen LogP contribution in [0.25, 0.3) is 11.8 Å². The van der Waals surface area contributed by atoms with E-state index in [1.807, 2.05) is 22.9 Å². The molecule has 5 fully saturated rings. The van der Waals surface area contributed by atoms with Gasteiger partial charge in [-0.2, -0.15) is 5.10 Å². The van der Waals surface area contributed by atoms with Crippen LogP contribution in [0.3, 0.4) is 0 Å². The second-order valence-corrected chi connectivity index (χ2v) is 12.3. The Labute approximate surface area is 210 Å². The number of carbonyl (C=O) groups is 1. The summed E-state index contributed by atoms with van der Waals surface area (Å²) >= 11 is 6.97. The van der Waals surface area contributed by atoms with Crippen molar-refractivity contribution in [2.45, 2.75) is 50.4 Å². The number of benzene rings is 1. The van der Waals surface area contributed by atoms with Gasteiger partial charge in [-0.25, -0.2) is 4.68 Å². The standard InChI is InChI=1S/C27H31N3O2S2/c1-32-9-5-8-29-25(31)23(34-26(29)33)13-21-17-30(22-6-3-2-4-7-22)28-24(21)27-14-18-10-19(15-27)12-20(11-18)16-27/h2-4,6-7,13,17-20H,5,8-12,14-16H2,1H3/b23-13-. The second kappa shape index (κ2) is 8.92. The third-order valence-electron chi connectivity index (χ3n) is 8.19. The smallest absolute Gasteiger partial charge is 0.266 e. The maximum absolute atomic E-state index is 13.2. The Morgan fingerprint density at radius 3 is 2.47 bits per heavy atom.